The van der Waals surface area contributed by atoms with Crippen molar-refractivity contribution < 1.29 is 8.78 Å². The van der Waals surface area contributed by atoms with Gasteiger partial charge >= 0.3 is 0 Å². The van der Waals surface area contributed by atoms with Crippen LogP contribution in [0.3, 0.4) is 0 Å². The predicted molar refractivity (Wildman–Crippen MR) is 69.5 cm³/mol. The Bertz CT molecular complexity index is 344. The Morgan fingerprint density at radius 3 is 2.71 bits per heavy atom. The fourth-order valence-corrected chi connectivity index (χ4v) is 2.40. The summed E-state index contributed by atoms with van der Waals surface area (Å²) in [6, 6.07) is 4.27. The van der Waals surface area contributed by atoms with E-state index in [1.807, 2.05) is 7.05 Å². The molecule has 1 aromatic rings. The molecule has 0 aliphatic heterocycles. The van der Waals surface area contributed by atoms with Gasteiger partial charge in [0.15, 0.2) is 0 Å². The van der Waals surface area contributed by atoms with Crippen molar-refractivity contribution in [3.8, 4) is 0 Å². The molecule has 0 heterocycles. The highest BCUT2D eigenvalue weighted by Crippen LogP contribution is 2.23. The molecule has 1 N–H and O–H groups in total. The van der Waals surface area contributed by atoms with E-state index in [-0.39, 0.29) is 0 Å². The van der Waals surface area contributed by atoms with Gasteiger partial charge in [0.1, 0.15) is 11.6 Å². The summed E-state index contributed by atoms with van der Waals surface area (Å²) in [7, 11) is 1.95. The third-order valence-corrected chi connectivity index (χ3v) is 3.81. The molecule has 1 aromatic carbocycles. The molecule has 1 unspecified atom stereocenters. The van der Waals surface area contributed by atoms with Crippen LogP contribution >= 0.6 is 11.8 Å². The smallest absolute Gasteiger partial charge is 0.139 e. The minimum Gasteiger partial charge on any atom is -0.317 e. The SMILES string of the molecule is CNC(C)CCCCSc1ccc(F)cc1F. The lowest BCUT2D eigenvalue weighted by molar-refractivity contribution is 0.538. The summed E-state index contributed by atoms with van der Waals surface area (Å²) in [4.78, 5) is 0.535. The van der Waals surface area contributed by atoms with Crippen molar-refractivity contribution in [2.24, 2.45) is 0 Å². The Balaban J connectivity index is 2.22. The van der Waals surface area contributed by atoms with Crippen LogP contribution in [0, 0.1) is 11.6 Å². The fraction of sp³-hybridized carbons (Fsp3) is 0.538. The van der Waals surface area contributed by atoms with E-state index in [0.717, 1.165) is 31.1 Å². The Labute approximate surface area is 106 Å². The Hall–Kier alpha value is -0.610. The van der Waals surface area contributed by atoms with Crippen LogP contribution in [0.4, 0.5) is 8.78 Å². The van der Waals surface area contributed by atoms with Crippen LogP contribution in [0.25, 0.3) is 0 Å². The number of hydrogen-bond acceptors (Lipinski definition) is 2. The van der Waals surface area contributed by atoms with Crippen molar-refractivity contribution >= 4 is 11.8 Å². The van der Waals surface area contributed by atoms with E-state index in [1.54, 1.807) is 0 Å². The zero-order chi connectivity index (χ0) is 12.7. The van der Waals surface area contributed by atoms with Gasteiger partial charge in [-0.3, -0.25) is 0 Å². The second kappa shape index (κ2) is 7.67. The van der Waals surface area contributed by atoms with E-state index in [1.165, 1.54) is 23.9 Å². The number of halogens is 2. The fourth-order valence-electron chi connectivity index (χ4n) is 1.47. The summed E-state index contributed by atoms with van der Waals surface area (Å²) in [6.07, 6.45) is 3.30. The molecule has 0 radical (unpaired) electrons. The van der Waals surface area contributed by atoms with Gasteiger partial charge in [-0.05, 0) is 44.7 Å². The highest BCUT2D eigenvalue weighted by molar-refractivity contribution is 7.99. The van der Waals surface area contributed by atoms with Crippen LogP contribution in [0.1, 0.15) is 26.2 Å². The molecule has 0 amide bonds. The minimum atomic E-state index is -0.519. The van der Waals surface area contributed by atoms with E-state index in [9.17, 15) is 8.78 Å². The number of hydrogen-bond donors (Lipinski definition) is 1. The lowest BCUT2D eigenvalue weighted by Crippen LogP contribution is -2.20. The summed E-state index contributed by atoms with van der Waals surface area (Å²) in [5.74, 6) is -0.104. The molecule has 4 heteroatoms. The lowest BCUT2D eigenvalue weighted by atomic mass is 10.1. The van der Waals surface area contributed by atoms with Gasteiger partial charge in [-0.2, -0.15) is 0 Å². The Morgan fingerprint density at radius 1 is 1.29 bits per heavy atom. The second-order valence-electron chi connectivity index (χ2n) is 4.11. The maximum absolute atomic E-state index is 13.3. The van der Waals surface area contributed by atoms with Gasteiger partial charge in [0, 0.05) is 17.0 Å². The van der Waals surface area contributed by atoms with Crippen molar-refractivity contribution in [1.29, 1.82) is 0 Å². The van der Waals surface area contributed by atoms with Gasteiger partial charge in [0.2, 0.25) is 0 Å². The van der Waals surface area contributed by atoms with E-state index in [4.69, 9.17) is 0 Å². The first kappa shape index (κ1) is 14.5. The van der Waals surface area contributed by atoms with Crippen LogP contribution in [0.5, 0.6) is 0 Å². The number of nitrogens with one attached hydrogen (secondary N) is 1. The lowest BCUT2D eigenvalue weighted by Gasteiger charge is -2.09. The van der Waals surface area contributed by atoms with Gasteiger partial charge in [0.25, 0.3) is 0 Å². The number of thioether (sulfide) groups is 1. The van der Waals surface area contributed by atoms with Crippen LogP contribution in [-0.4, -0.2) is 18.8 Å². The third-order valence-electron chi connectivity index (χ3n) is 2.68. The van der Waals surface area contributed by atoms with Crippen molar-refractivity contribution in [2.45, 2.75) is 37.1 Å². The highest BCUT2D eigenvalue weighted by Gasteiger charge is 2.04. The molecule has 1 nitrogen and oxygen atoms in total. The molecule has 0 aliphatic rings. The average Bonchev–Trinajstić information content (AvgIpc) is 2.30. The summed E-state index contributed by atoms with van der Waals surface area (Å²) in [5.41, 5.74) is 0. The zero-order valence-electron chi connectivity index (χ0n) is 10.3. The summed E-state index contributed by atoms with van der Waals surface area (Å²) in [6.45, 7) is 2.15. The number of benzene rings is 1. The molecule has 0 aromatic heterocycles. The van der Waals surface area contributed by atoms with Crippen molar-refractivity contribution in [2.75, 3.05) is 12.8 Å². The summed E-state index contributed by atoms with van der Waals surface area (Å²) in [5, 5.41) is 3.18. The molecule has 0 saturated carbocycles. The third kappa shape index (κ3) is 5.50. The maximum Gasteiger partial charge on any atom is 0.139 e. The quantitative estimate of drug-likeness (QED) is 0.590. The minimum absolute atomic E-state index is 0.460. The van der Waals surface area contributed by atoms with Crippen LogP contribution < -0.4 is 5.32 Å². The molecule has 1 rings (SSSR count). The first-order valence-electron chi connectivity index (χ1n) is 5.88. The van der Waals surface area contributed by atoms with E-state index >= 15 is 0 Å². The van der Waals surface area contributed by atoms with Crippen LogP contribution in [0.2, 0.25) is 0 Å². The van der Waals surface area contributed by atoms with Gasteiger partial charge in [-0.25, -0.2) is 8.78 Å². The zero-order valence-corrected chi connectivity index (χ0v) is 11.1. The van der Waals surface area contributed by atoms with Crippen LogP contribution in [0.15, 0.2) is 23.1 Å². The molecule has 0 bridgehead atoms. The topological polar surface area (TPSA) is 12.0 Å². The monoisotopic (exact) mass is 259 g/mol. The van der Waals surface area contributed by atoms with E-state index < -0.39 is 11.6 Å². The molecule has 17 heavy (non-hydrogen) atoms. The number of unbranched alkanes of at least 4 members (excludes halogenated alkanes) is 1. The van der Waals surface area contributed by atoms with Crippen molar-refractivity contribution in [1.82, 2.24) is 5.32 Å². The number of rotatable bonds is 7. The van der Waals surface area contributed by atoms with E-state index in [2.05, 4.69) is 12.2 Å². The second-order valence-corrected chi connectivity index (χ2v) is 5.25. The first-order valence-corrected chi connectivity index (χ1v) is 6.87. The van der Waals surface area contributed by atoms with Gasteiger partial charge < -0.3 is 5.32 Å². The average molecular weight is 259 g/mol. The molecular weight excluding hydrogens is 240 g/mol. The van der Waals surface area contributed by atoms with Gasteiger partial charge in [-0.15, -0.1) is 11.8 Å². The van der Waals surface area contributed by atoms with Crippen LogP contribution in [-0.2, 0) is 0 Å². The molecule has 1 atom stereocenters. The highest BCUT2D eigenvalue weighted by atomic mass is 32.2. The van der Waals surface area contributed by atoms with Crippen molar-refractivity contribution in [3.63, 3.8) is 0 Å². The molecule has 96 valence electrons. The Morgan fingerprint density at radius 2 is 2.06 bits per heavy atom. The van der Waals surface area contributed by atoms with Gasteiger partial charge in [-0.1, -0.05) is 6.42 Å². The molecular formula is C13H19F2NS. The molecule has 0 fully saturated rings. The standard InChI is InChI=1S/C13H19F2NS/c1-10(16-2)5-3-4-8-17-13-7-6-11(14)9-12(13)15/h6-7,9-10,16H,3-5,8H2,1-2H3. The first-order chi connectivity index (χ1) is 8.13. The maximum atomic E-state index is 13.3. The van der Waals surface area contributed by atoms with Crippen molar-refractivity contribution in [3.05, 3.63) is 29.8 Å². The predicted octanol–water partition coefficient (Wildman–Crippen LogP) is 3.84. The summed E-state index contributed by atoms with van der Waals surface area (Å²) < 4.78 is 25.9. The molecule has 0 aliphatic carbocycles. The van der Waals surface area contributed by atoms with E-state index in [0.29, 0.717) is 10.9 Å². The Kier molecular flexibility index (Phi) is 6.52. The molecule has 0 spiro atoms. The summed E-state index contributed by atoms with van der Waals surface area (Å²) >= 11 is 1.45. The largest absolute Gasteiger partial charge is 0.317 e. The van der Waals surface area contributed by atoms with Gasteiger partial charge in [0.05, 0.1) is 0 Å². The normalized spacial score (nSPS) is 12.7. The molecule has 0 saturated heterocycles.